The minimum Gasteiger partial charge on any atom is -0.465 e. The molecular weight excluding hydrogens is 717 g/mol. The molecule has 0 N–H and O–H groups in total. The Labute approximate surface area is 336 Å². The van der Waals surface area contributed by atoms with Gasteiger partial charge in [-0.3, -0.25) is 0 Å². The summed E-state index contributed by atoms with van der Waals surface area (Å²) in [7, 11) is 2.74. The van der Waals surface area contributed by atoms with Crippen LogP contribution in [-0.4, -0.2) is 30.7 Å². The summed E-state index contributed by atoms with van der Waals surface area (Å²) in [4.78, 5) is 29.5. The Morgan fingerprint density at radius 1 is 0.414 bits per heavy atom. The second kappa shape index (κ2) is 15.4. The van der Waals surface area contributed by atoms with Crippen LogP contribution >= 0.6 is 0 Å². The summed E-state index contributed by atoms with van der Waals surface area (Å²) >= 11 is 0. The van der Waals surface area contributed by atoms with E-state index >= 15 is 0 Å². The lowest BCUT2D eigenvalue weighted by Gasteiger charge is -2.26. The van der Waals surface area contributed by atoms with Gasteiger partial charge in [0.15, 0.2) is 0 Å². The van der Waals surface area contributed by atoms with E-state index in [-0.39, 0.29) is 0 Å². The van der Waals surface area contributed by atoms with Crippen LogP contribution in [0.1, 0.15) is 20.7 Å². The predicted octanol–water partition coefficient (Wildman–Crippen LogP) is 12.8. The summed E-state index contributed by atoms with van der Waals surface area (Å²) < 4.78 is 12.7. The summed E-state index contributed by atoms with van der Waals surface area (Å²) in [5.74, 6) is -1.04. The number of anilines is 3. The lowest BCUT2D eigenvalue weighted by atomic mass is 9.95. The molecule has 0 saturated heterocycles. The zero-order valence-electron chi connectivity index (χ0n) is 32.0. The second-order valence-corrected chi connectivity index (χ2v) is 14.0. The van der Waals surface area contributed by atoms with Gasteiger partial charge in [0, 0.05) is 27.8 Å². The first-order chi connectivity index (χ1) is 28.5. The molecule has 0 aliphatic carbocycles. The van der Waals surface area contributed by atoms with Crippen LogP contribution < -0.4 is 4.90 Å². The number of carbonyl (C=O) groups is 2. The van der Waals surface area contributed by atoms with Crippen LogP contribution in [0.3, 0.4) is 0 Å². The maximum Gasteiger partial charge on any atom is 0.340 e. The topological polar surface area (TPSA) is 60.8 Å². The van der Waals surface area contributed by atoms with Gasteiger partial charge in [-0.2, -0.15) is 0 Å². The van der Waals surface area contributed by atoms with E-state index in [9.17, 15) is 9.59 Å². The van der Waals surface area contributed by atoms with Crippen molar-refractivity contribution < 1.29 is 19.1 Å². The van der Waals surface area contributed by atoms with Crippen molar-refractivity contribution in [2.45, 2.75) is 0 Å². The molecule has 8 aromatic carbocycles. The van der Waals surface area contributed by atoms with Crippen LogP contribution in [0.4, 0.5) is 17.1 Å². The number of nitrogens with zero attached hydrogens (tertiary/aromatic N) is 2. The first kappa shape index (κ1) is 36.0. The Kier molecular flexibility index (Phi) is 9.58. The van der Waals surface area contributed by atoms with Crippen molar-refractivity contribution in [2.24, 2.45) is 0 Å². The standard InChI is InChI=1S/C52H38N2O4/c1-57-51(55)46-34-50(54-48-19-11-9-17-43(48)44-18-10-12-20-49(44)54)47(52(56)58-2)33-45(46)39-25-31-42(32-26-39)53(40-27-21-37(22-28-40)35-13-5-3-6-14-35)41-29-23-38(24-30-41)36-15-7-4-8-16-36/h3-34H,1-2H3. The molecule has 0 amide bonds. The van der Waals surface area contributed by atoms with Gasteiger partial charge >= 0.3 is 11.9 Å². The van der Waals surface area contributed by atoms with Gasteiger partial charge in [-0.25, -0.2) is 9.59 Å². The van der Waals surface area contributed by atoms with Crippen molar-refractivity contribution in [3.8, 4) is 39.1 Å². The van der Waals surface area contributed by atoms with E-state index in [1.807, 2.05) is 102 Å². The predicted molar refractivity (Wildman–Crippen MR) is 234 cm³/mol. The minimum atomic E-state index is -0.518. The molecule has 0 bridgehead atoms. The van der Waals surface area contributed by atoms with Gasteiger partial charge in [-0.1, -0.05) is 133 Å². The van der Waals surface area contributed by atoms with Crippen LogP contribution in [-0.2, 0) is 9.47 Å². The largest absolute Gasteiger partial charge is 0.465 e. The van der Waals surface area contributed by atoms with Crippen LogP contribution in [0, 0.1) is 0 Å². The first-order valence-corrected chi connectivity index (χ1v) is 19.1. The Hall–Kier alpha value is -7.70. The molecule has 0 radical (unpaired) electrons. The molecule has 9 rings (SSSR count). The normalized spacial score (nSPS) is 11.1. The van der Waals surface area contributed by atoms with Crippen molar-refractivity contribution in [1.82, 2.24) is 4.57 Å². The highest BCUT2D eigenvalue weighted by Gasteiger charge is 2.25. The highest BCUT2D eigenvalue weighted by atomic mass is 16.5. The summed E-state index contributed by atoms with van der Waals surface area (Å²) in [6.45, 7) is 0. The van der Waals surface area contributed by atoms with Gasteiger partial charge in [0.25, 0.3) is 0 Å². The fourth-order valence-corrected chi connectivity index (χ4v) is 7.85. The maximum absolute atomic E-state index is 13.7. The third-order valence-electron chi connectivity index (χ3n) is 10.7. The average Bonchev–Trinajstić information content (AvgIpc) is 3.63. The third-order valence-corrected chi connectivity index (χ3v) is 10.7. The van der Waals surface area contributed by atoms with E-state index in [1.54, 1.807) is 12.1 Å². The number of fused-ring (bicyclic) bond motifs is 3. The highest BCUT2D eigenvalue weighted by molar-refractivity contribution is 6.11. The van der Waals surface area contributed by atoms with Crippen molar-refractivity contribution in [2.75, 3.05) is 19.1 Å². The number of carbonyl (C=O) groups excluding carboxylic acids is 2. The van der Waals surface area contributed by atoms with Gasteiger partial charge in [0.05, 0.1) is 42.1 Å². The zero-order chi connectivity index (χ0) is 39.6. The number of rotatable bonds is 9. The van der Waals surface area contributed by atoms with Gasteiger partial charge in [0.1, 0.15) is 0 Å². The summed E-state index contributed by atoms with van der Waals surface area (Å²) in [5.41, 5.74) is 11.7. The lowest BCUT2D eigenvalue weighted by Crippen LogP contribution is -2.13. The number of methoxy groups -OCH3 is 2. The van der Waals surface area contributed by atoms with Crippen LogP contribution in [0.25, 0.3) is 60.9 Å². The number of hydrogen-bond donors (Lipinski definition) is 0. The van der Waals surface area contributed by atoms with Crippen molar-refractivity contribution in [3.63, 3.8) is 0 Å². The lowest BCUT2D eigenvalue weighted by molar-refractivity contribution is 0.0587. The Morgan fingerprint density at radius 2 is 0.793 bits per heavy atom. The molecule has 1 heterocycles. The van der Waals surface area contributed by atoms with E-state index in [0.717, 1.165) is 66.7 Å². The molecule has 6 heteroatoms. The molecule has 0 fully saturated rings. The number of para-hydroxylation sites is 2. The molecule has 0 saturated carbocycles. The molecule has 0 aliphatic heterocycles. The third kappa shape index (κ3) is 6.56. The van der Waals surface area contributed by atoms with Gasteiger partial charge in [-0.15, -0.1) is 0 Å². The average molecular weight is 755 g/mol. The minimum absolute atomic E-state index is 0.319. The molecule has 0 spiro atoms. The molecule has 0 aliphatic rings. The number of benzene rings is 8. The number of aromatic nitrogens is 1. The fourth-order valence-electron chi connectivity index (χ4n) is 7.85. The van der Waals surface area contributed by atoms with E-state index in [4.69, 9.17) is 9.47 Å². The van der Waals surface area contributed by atoms with Crippen molar-refractivity contribution in [3.05, 3.63) is 205 Å². The molecule has 9 aromatic rings. The Bertz CT molecular complexity index is 2780. The highest BCUT2D eigenvalue weighted by Crippen LogP contribution is 2.40. The molecule has 58 heavy (non-hydrogen) atoms. The van der Waals surface area contributed by atoms with Crippen molar-refractivity contribution in [1.29, 1.82) is 0 Å². The number of esters is 2. The van der Waals surface area contributed by atoms with E-state index < -0.39 is 11.9 Å². The summed E-state index contributed by atoms with van der Waals surface area (Å²) in [6, 6.07) is 65.3. The fraction of sp³-hybridized carbons (Fsp3) is 0.0385. The zero-order valence-corrected chi connectivity index (χ0v) is 32.0. The molecule has 0 unspecified atom stereocenters. The van der Waals surface area contributed by atoms with E-state index in [0.29, 0.717) is 22.4 Å². The van der Waals surface area contributed by atoms with Crippen molar-refractivity contribution >= 4 is 50.8 Å². The van der Waals surface area contributed by atoms with Crippen LogP contribution in [0.15, 0.2) is 194 Å². The molecule has 280 valence electrons. The molecule has 6 nitrogen and oxygen atoms in total. The smallest absolute Gasteiger partial charge is 0.340 e. The maximum atomic E-state index is 13.7. The Balaban J connectivity index is 1.17. The summed E-state index contributed by atoms with van der Waals surface area (Å²) in [5, 5.41) is 2.06. The van der Waals surface area contributed by atoms with Crippen LogP contribution in [0.5, 0.6) is 0 Å². The van der Waals surface area contributed by atoms with Crippen LogP contribution in [0.2, 0.25) is 0 Å². The SMILES string of the molecule is COC(=O)c1cc(-n2c3ccccc3c3ccccc32)c(C(=O)OC)cc1-c1ccc(N(c2ccc(-c3ccccc3)cc2)c2ccc(-c3ccccc3)cc2)cc1. The van der Waals surface area contributed by atoms with E-state index in [2.05, 4.69) is 89.8 Å². The van der Waals surface area contributed by atoms with Gasteiger partial charge in [0.2, 0.25) is 0 Å². The first-order valence-electron chi connectivity index (χ1n) is 19.1. The van der Waals surface area contributed by atoms with Gasteiger partial charge < -0.3 is 18.9 Å². The number of hydrogen-bond acceptors (Lipinski definition) is 5. The molecular formula is C52H38N2O4. The van der Waals surface area contributed by atoms with Gasteiger partial charge in [-0.05, 0) is 94.0 Å². The quantitative estimate of drug-likeness (QED) is 0.137. The second-order valence-electron chi connectivity index (χ2n) is 14.0. The summed E-state index contributed by atoms with van der Waals surface area (Å²) in [6.07, 6.45) is 0. The molecule has 1 aromatic heterocycles. The monoisotopic (exact) mass is 754 g/mol. The molecule has 0 atom stereocenters. The van der Waals surface area contributed by atoms with E-state index in [1.165, 1.54) is 14.2 Å². The number of ether oxygens (including phenoxy) is 2. The Morgan fingerprint density at radius 3 is 1.24 bits per heavy atom.